The zero-order chi connectivity index (χ0) is 20.2. The number of ether oxygens (including phenoxy) is 1. The Kier molecular flexibility index (Phi) is 5.28. The van der Waals surface area contributed by atoms with Gasteiger partial charge in [-0.15, -0.1) is 0 Å². The Morgan fingerprint density at radius 1 is 1.17 bits per heavy atom. The number of nitrogen functional groups attached to an aromatic ring is 1. The van der Waals surface area contributed by atoms with Gasteiger partial charge in [-0.2, -0.15) is 10.1 Å². The van der Waals surface area contributed by atoms with Crippen LogP contribution in [0.3, 0.4) is 0 Å². The van der Waals surface area contributed by atoms with Gasteiger partial charge in [0.25, 0.3) is 5.91 Å². The molecule has 0 saturated carbocycles. The summed E-state index contributed by atoms with van der Waals surface area (Å²) in [5.74, 6) is 2.09. The van der Waals surface area contributed by atoms with E-state index in [4.69, 9.17) is 10.5 Å². The van der Waals surface area contributed by atoms with E-state index in [9.17, 15) is 4.79 Å². The number of nitrogens with two attached hydrogens (primary N) is 1. The summed E-state index contributed by atoms with van der Waals surface area (Å²) in [6, 6.07) is 11.0. The molecule has 1 aliphatic rings. The quantitative estimate of drug-likeness (QED) is 0.684. The third kappa shape index (κ3) is 3.98. The lowest BCUT2D eigenvalue weighted by atomic mass is 10.1. The lowest BCUT2D eigenvalue weighted by Crippen LogP contribution is -2.36. The smallest absolute Gasteiger partial charge is 0.260 e. The molecule has 4 rings (SSSR count). The number of para-hydroxylation sites is 1. The molecule has 0 radical (unpaired) electrons. The number of anilines is 3. The summed E-state index contributed by atoms with van der Waals surface area (Å²) < 4.78 is 7.17. The lowest BCUT2D eigenvalue weighted by Gasteiger charge is -2.33. The van der Waals surface area contributed by atoms with Crippen LogP contribution in [-0.2, 0) is 0 Å². The Hall–Kier alpha value is -3.62. The highest BCUT2D eigenvalue weighted by atomic mass is 16.5. The van der Waals surface area contributed by atoms with Gasteiger partial charge in [0.2, 0.25) is 5.95 Å². The minimum Gasteiger partial charge on any atom is -0.496 e. The topological polar surface area (TPSA) is 111 Å². The van der Waals surface area contributed by atoms with E-state index in [-0.39, 0.29) is 17.9 Å². The maximum Gasteiger partial charge on any atom is 0.260 e. The van der Waals surface area contributed by atoms with Crippen molar-refractivity contribution in [1.29, 1.82) is 0 Å². The largest absolute Gasteiger partial charge is 0.496 e. The van der Waals surface area contributed by atoms with E-state index in [2.05, 4.69) is 25.3 Å². The zero-order valence-corrected chi connectivity index (χ0v) is 16.2. The number of piperidine rings is 1. The summed E-state index contributed by atoms with van der Waals surface area (Å²) >= 11 is 0. The number of methoxy groups -OCH3 is 1. The molecular formula is C20H23N7O2. The van der Waals surface area contributed by atoms with Crippen molar-refractivity contribution in [3.05, 3.63) is 54.4 Å². The van der Waals surface area contributed by atoms with Crippen LogP contribution in [0.1, 0.15) is 29.2 Å². The summed E-state index contributed by atoms with van der Waals surface area (Å²) in [4.78, 5) is 23.2. The fourth-order valence-electron chi connectivity index (χ4n) is 3.60. The molecule has 150 valence electrons. The first kappa shape index (κ1) is 18.7. The third-order valence-electron chi connectivity index (χ3n) is 5.06. The van der Waals surface area contributed by atoms with Crippen molar-refractivity contribution < 1.29 is 9.53 Å². The van der Waals surface area contributed by atoms with E-state index in [0.717, 1.165) is 31.7 Å². The number of aromatic nitrogens is 4. The van der Waals surface area contributed by atoms with Gasteiger partial charge in [-0.1, -0.05) is 12.1 Å². The molecule has 0 atom stereocenters. The molecule has 1 aromatic carbocycles. The maximum atomic E-state index is 12.7. The molecule has 3 aromatic rings. The minimum absolute atomic E-state index is 0.188. The lowest BCUT2D eigenvalue weighted by molar-refractivity contribution is 0.102. The van der Waals surface area contributed by atoms with Gasteiger partial charge in [-0.3, -0.25) is 4.79 Å². The van der Waals surface area contributed by atoms with Gasteiger partial charge in [-0.05, 0) is 31.0 Å². The summed E-state index contributed by atoms with van der Waals surface area (Å²) in [6.45, 7) is 1.64. The van der Waals surface area contributed by atoms with Crippen LogP contribution in [0.5, 0.6) is 5.75 Å². The van der Waals surface area contributed by atoms with Gasteiger partial charge in [0.05, 0.1) is 24.9 Å². The van der Waals surface area contributed by atoms with Crippen LogP contribution in [0.15, 0.2) is 48.8 Å². The van der Waals surface area contributed by atoms with Crippen molar-refractivity contribution in [3.8, 4) is 5.75 Å². The van der Waals surface area contributed by atoms with Crippen LogP contribution in [-0.4, -0.2) is 45.9 Å². The molecule has 9 nitrogen and oxygen atoms in total. The number of hydrogen-bond donors (Lipinski definition) is 2. The van der Waals surface area contributed by atoms with Crippen LogP contribution in [0.2, 0.25) is 0 Å². The van der Waals surface area contributed by atoms with E-state index < -0.39 is 0 Å². The summed E-state index contributed by atoms with van der Waals surface area (Å²) in [5, 5.41) is 7.41. The standard InChI is InChI=1S/C20H23N7O2/c1-29-16-5-3-2-4-15(16)19(28)24-18-7-11-23-27(18)14-8-12-26(13-9-14)17-6-10-22-20(21)25-17/h2-7,10-11,14H,8-9,12-13H2,1H3,(H,24,28)(H2,21,22,25). The van der Waals surface area contributed by atoms with Crippen LogP contribution < -0.4 is 20.7 Å². The van der Waals surface area contributed by atoms with Crippen molar-refractivity contribution in [2.75, 3.05) is 36.1 Å². The number of carbonyl (C=O) groups excluding carboxylic acids is 1. The van der Waals surface area contributed by atoms with Crippen molar-refractivity contribution >= 4 is 23.5 Å². The second-order valence-corrected chi connectivity index (χ2v) is 6.81. The van der Waals surface area contributed by atoms with Crippen molar-refractivity contribution in [1.82, 2.24) is 19.7 Å². The van der Waals surface area contributed by atoms with Crippen molar-refractivity contribution in [3.63, 3.8) is 0 Å². The molecule has 3 heterocycles. The molecule has 0 spiro atoms. The predicted octanol–water partition coefficient (Wildman–Crippen LogP) is 2.36. The molecular weight excluding hydrogens is 370 g/mol. The molecule has 1 saturated heterocycles. The molecule has 0 bridgehead atoms. The number of nitrogens with zero attached hydrogens (tertiary/aromatic N) is 5. The summed E-state index contributed by atoms with van der Waals surface area (Å²) in [5.41, 5.74) is 6.18. The Bertz CT molecular complexity index is 996. The maximum absolute atomic E-state index is 12.7. The predicted molar refractivity (Wildman–Crippen MR) is 110 cm³/mol. The molecule has 1 fully saturated rings. The first-order valence-corrected chi connectivity index (χ1v) is 9.47. The highest BCUT2D eigenvalue weighted by molar-refractivity contribution is 6.05. The Morgan fingerprint density at radius 3 is 2.72 bits per heavy atom. The van der Waals surface area contributed by atoms with E-state index in [1.807, 2.05) is 28.9 Å². The molecule has 0 aliphatic carbocycles. The number of hydrogen-bond acceptors (Lipinski definition) is 7. The van der Waals surface area contributed by atoms with Gasteiger partial charge in [0, 0.05) is 25.4 Å². The average molecular weight is 393 g/mol. The number of carbonyl (C=O) groups is 1. The van der Waals surface area contributed by atoms with Crippen LogP contribution in [0, 0.1) is 0 Å². The van der Waals surface area contributed by atoms with Gasteiger partial charge < -0.3 is 20.7 Å². The third-order valence-corrected chi connectivity index (χ3v) is 5.06. The van der Waals surface area contributed by atoms with Gasteiger partial charge >= 0.3 is 0 Å². The zero-order valence-electron chi connectivity index (χ0n) is 16.2. The Balaban J connectivity index is 1.44. The van der Waals surface area contributed by atoms with Crippen molar-refractivity contribution in [2.24, 2.45) is 0 Å². The van der Waals surface area contributed by atoms with E-state index in [0.29, 0.717) is 17.1 Å². The first-order valence-electron chi connectivity index (χ1n) is 9.47. The SMILES string of the molecule is COc1ccccc1C(=O)Nc1ccnn1C1CCN(c2ccnc(N)n2)CC1. The molecule has 9 heteroatoms. The molecule has 29 heavy (non-hydrogen) atoms. The molecule has 3 N–H and O–H groups in total. The van der Waals surface area contributed by atoms with E-state index in [1.165, 1.54) is 0 Å². The highest BCUT2D eigenvalue weighted by Crippen LogP contribution is 2.28. The highest BCUT2D eigenvalue weighted by Gasteiger charge is 2.24. The second kappa shape index (κ2) is 8.17. The minimum atomic E-state index is -0.224. The normalized spacial score (nSPS) is 14.6. The van der Waals surface area contributed by atoms with Crippen LogP contribution >= 0.6 is 0 Å². The first-order chi connectivity index (χ1) is 14.2. The molecule has 1 amide bonds. The van der Waals surface area contributed by atoms with Crippen LogP contribution in [0.4, 0.5) is 17.6 Å². The van der Waals surface area contributed by atoms with Gasteiger partial charge in [-0.25, -0.2) is 9.67 Å². The van der Waals surface area contributed by atoms with Gasteiger partial charge in [0.1, 0.15) is 17.4 Å². The Labute approximate surface area is 168 Å². The van der Waals surface area contributed by atoms with E-state index in [1.54, 1.807) is 31.6 Å². The van der Waals surface area contributed by atoms with Crippen molar-refractivity contribution in [2.45, 2.75) is 18.9 Å². The van der Waals surface area contributed by atoms with E-state index >= 15 is 0 Å². The van der Waals surface area contributed by atoms with Crippen LogP contribution in [0.25, 0.3) is 0 Å². The van der Waals surface area contributed by atoms with Gasteiger partial charge in [0.15, 0.2) is 0 Å². The number of rotatable bonds is 5. The second-order valence-electron chi connectivity index (χ2n) is 6.81. The number of nitrogens with one attached hydrogen (secondary N) is 1. The fourth-order valence-corrected chi connectivity index (χ4v) is 3.60. The summed E-state index contributed by atoms with van der Waals surface area (Å²) in [6.07, 6.45) is 5.13. The Morgan fingerprint density at radius 2 is 1.97 bits per heavy atom. The number of amides is 1. The molecule has 1 aliphatic heterocycles. The molecule has 2 aromatic heterocycles. The average Bonchev–Trinajstić information content (AvgIpc) is 3.22. The number of benzene rings is 1. The summed E-state index contributed by atoms with van der Waals surface area (Å²) in [7, 11) is 1.55. The monoisotopic (exact) mass is 393 g/mol. The fraction of sp³-hybridized carbons (Fsp3) is 0.300. The molecule has 0 unspecified atom stereocenters.